The lowest BCUT2D eigenvalue weighted by Gasteiger charge is -2.36. The quantitative estimate of drug-likeness (QED) is 0.690. The largest absolute Gasteiger partial charge is 0.377 e. The van der Waals surface area contributed by atoms with Crippen LogP contribution in [0.2, 0.25) is 0 Å². The molecule has 0 aromatic carbocycles. The number of aromatic nitrogens is 3. The van der Waals surface area contributed by atoms with Crippen LogP contribution in [-0.2, 0) is 20.3 Å². The summed E-state index contributed by atoms with van der Waals surface area (Å²) in [4.78, 5) is 15.1. The Balaban J connectivity index is 1.81. The number of ether oxygens (including phenoxy) is 1. The molecule has 0 bridgehead atoms. The van der Waals surface area contributed by atoms with Crippen LogP contribution in [0.5, 0.6) is 0 Å². The molecule has 0 aliphatic carbocycles. The fourth-order valence-electron chi connectivity index (χ4n) is 3.82. The van der Waals surface area contributed by atoms with Gasteiger partial charge < -0.3 is 14.6 Å². The van der Waals surface area contributed by atoms with Crippen LogP contribution in [0.4, 0.5) is 5.82 Å². The zero-order valence-corrected chi connectivity index (χ0v) is 17.8. The molecule has 154 valence electrons. The van der Waals surface area contributed by atoms with Gasteiger partial charge in [-0.1, -0.05) is 6.92 Å². The Morgan fingerprint density at radius 2 is 2.03 bits per heavy atom. The summed E-state index contributed by atoms with van der Waals surface area (Å²) in [7, 11) is -3.17. The van der Waals surface area contributed by atoms with Gasteiger partial charge in [-0.3, -0.25) is 0 Å². The molecule has 0 amide bonds. The van der Waals surface area contributed by atoms with Crippen LogP contribution in [-0.4, -0.2) is 55.4 Å². The number of pyridine rings is 2. The van der Waals surface area contributed by atoms with Crippen LogP contribution in [0.3, 0.4) is 0 Å². The molecule has 0 saturated carbocycles. The number of morpholine rings is 1. The number of anilines is 1. The molecule has 1 fully saturated rings. The van der Waals surface area contributed by atoms with E-state index in [0.717, 1.165) is 46.8 Å². The lowest BCUT2D eigenvalue weighted by molar-refractivity contribution is 0.0926. The number of aromatic amines is 1. The molecular formula is C21H26N4O3S. The van der Waals surface area contributed by atoms with Gasteiger partial charge >= 0.3 is 0 Å². The minimum absolute atomic E-state index is 0.0256. The number of hydrogen-bond donors (Lipinski definition) is 1. The van der Waals surface area contributed by atoms with Crippen molar-refractivity contribution in [3.8, 4) is 11.4 Å². The Kier molecular flexibility index (Phi) is 5.31. The van der Waals surface area contributed by atoms with Crippen molar-refractivity contribution >= 4 is 26.7 Å². The Labute approximate surface area is 171 Å². The molecule has 0 unspecified atom stereocenters. The third kappa shape index (κ3) is 4.43. The maximum Gasteiger partial charge on any atom is 0.151 e. The van der Waals surface area contributed by atoms with Crippen molar-refractivity contribution in [2.24, 2.45) is 0 Å². The number of nitrogens with one attached hydrogen (secondary N) is 1. The fourth-order valence-corrected chi connectivity index (χ4v) is 4.59. The lowest BCUT2D eigenvalue weighted by Crippen LogP contribution is -2.45. The van der Waals surface area contributed by atoms with Gasteiger partial charge in [0.25, 0.3) is 0 Å². The third-order valence-corrected chi connectivity index (χ3v) is 6.02. The van der Waals surface area contributed by atoms with Crippen molar-refractivity contribution in [3.05, 3.63) is 41.6 Å². The van der Waals surface area contributed by atoms with Gasteiger partial charge in [-0.05, 0) is 49.2 Å². The summed E-state index contributed by atoms with van der Waals surface area (Å²) in [5, 5.41) is 0. The van der Waals surface area contributed by atoms with E-state index < -0.39 is 9.84 Å². The Morgan fingerprint density at radius 1 is 1.21 bits per heavy atom. The van der Waals surface area contributed by atoms with E-state index in [1.807, 2.05) is 37.3 Å². The van der Waals surface area contributed by atoms with E-state index in [0.29, 0.717) is 18.9 Å². The number of nitrogens with zero attached hydrogens (tertiary/aromatic N) is 3. The third-order valence-electron chi connectivity index (χ3n) is 5.17. The molecule has 1 atom stereocenters. The molecule has 3 aromatic heterocycles. The van der Waals surface area contributed by atoms with Crippen LogP contribution in [0.15, 0.2) is 30.3 Å². The molecular weight excluding hydrogens is 388 g/mol. The number of hydrogen-bond acceptors (Lipinski definition) is 6. The summed E-state index contributed by atoms with van der Waals surface area (Å²) in [5.74, 6) is 0.755. The Bertz CT molecular complexity index is 1140. The molecule has 1 aliphatic heterocycles. The van der Waals surface area contributed by atoms with E-state index in [4.69, 9.17) is 14.7 Å². The Morgan fingerprint density at radius 3 is 2.79 bits per heavy atom. The van der Waals surface area contributed by atoms with Crippen molar-refractivity contribution in [2.45, 2.75) is 32.1 Å². The van der Waals surface area contributed by atoms with Gasteiger partial charge in [0.05, 0.1) is 47.4 Å². The van der Waals surface area contributed by atoms with Gasteiger partial charge in [0.1, 0.15) is 5.82 Å². The standard InChI is InChI=1S/C21H26N4O3S/c1-4-16-12-28-8-7-25(16)21-11-15(13-29(3,26)27)10-20(24-21)18-6-5-17-19(23-18)9-14(2)22-17/h5-6,9-11,16,22H,4,7-8,12-13H2,1-3H3/t16-/m0/s1. The van der Waals surface area contributed by atoms with E-state index in [-0.39, 0.29) is 11.8 Å². The molecule has 4 heterocycles. The van der Waals surface area contributed by atoms with Crippen LogP contribution >= 0.6 is 0 Å². The highest BCUT2D eigenvalue weighted by atomic mass is 32.2. The molecule has 0 spiro atoms. The predicted octanol–water partition coefficient (Wildman–Crippen LogP) is 3.09. The van der Waals surface area contributed by atoms with E-state index >= 15 is 0 Å². The molecule has 3 aromatic rings. The van der Waals surface area contributed by atoms with Crippen molar-refractivity contribution in [1.82, 2.24) is 15.0 Å². The minimum Gasteiger partial charge on any atom is -0.377 e. The average molecular weight is 415 g/mol. The second-order valence-electron chi connectivity index (χ2n) is 7.70. The smallest absolute Gasteiger partial charge is 0.151 e. The minimum atomic E-state index is -3.17. The molecule has 7 nitrogen and oxygen atoms in total. The van der Waals surface area contributed by atoms with E-state index in [1.54, 1.807) is 0 Å². The first-order chi connectivity index (χ1) is 13.8. The summed E-state index contributed by atoms with van der Waals surface area (Å²) in [5.41, 5.74) is 5.02. The van der Waals surface area contributed by atoms with Crippen LogP contribution in [0, 0.1) is 6.92 Å². The SMILES string of the molecule is CC[C@H]1COCCN1c1cc(CS(C)(=O)=O)cc(-c2ccc3[nH]c(C)cc3n2)n1. The average Bonchev–Trinajstić information content (AvgIpc) is 3.05. The number of aryl methyl sites for hydroxylation is 1. The summed E-state index contributed by atoms with van der Waals surface area (Å²) in [6.45, 7) is 6.13. The fraction of sp³-hybridized carbons (Fsp3) is 0.429. The van der Waals surface area contributed by atoms with Gasteiger partial charge in [0, 0.05) is 18.5 Å². The van der Waals surface area contributed by atoms with E-state index in [2.05, 4.69) is 16.8 Å². The molecule has 1 aliphatic rings. The lowest BCUT2D eigenvalue weighted by atomic mass is 10.1. The number of sulfone groups is 1. The molecule has 1 N–H and O–H groups in total. The monoisotopic (exact) mass is 414 g/mol. The van der Waals surface area contributed by atoms with Crippen molar-refractivity contribution in [2.75, 3.05) is 30.9 Å². The predicted molar refractivity (Wildman–Crippen MR) is 115 cm³/mol. The maximum atomic E-state index is 12.0. The van der Waals surface area contributed by atoms with Gasteiger partial charge in [-0.25, -0.2) is 18.4 Å². The zero-order chi connectivity index (χ0) is 20.6. The summed E-state index contributed by atoms with van der Waals surface area (Å²) in [6.07, 6.45) is 2.18. The second-order valence-corrected chi connectivity index (χ2v) is 9.84. The first-order valence-electron chi connectivity index (χ1n) is 9.82. The molecule has 4 rings (SSSR count). The van der Waals surface area contributed by atoms with Gasteiger partial charge in [-0.15, -0.1) is 0 Å². The van der Waals surface area contributed by atoms with Crippen molar-refractivity contribution in [3.63, 3.8) is 0 Å². The number of fused-ring (bicyclic) bond motifs is 1. The van der Waals surface area contributed by atoms with Crippen molar-refractivity contribution in [1.29, 1.82) is 0 Å². The van der Waals surface area contributed by atoms with Gasteiger partial charge in [0.2, 0.25) is 0 Å². The number of rotatable bonds is 5. The van der Waals surface area contributed by atoms with Crippen LogP contribution in [0.1, 0.15) is 24.6 Å². The van der Waals surface area contributed by atoms with E-state index in [1.165, 1.54) is 6.26 Å². The van der Waals surface area contributed by atoms with Crippen LogP contribution in [0.25, 0.3) is 22.4 Å². The molecule has 8 heteroatoms. The highest BCUT2D eigenvalue weighted by Gasteiger charge is 2.24. The summed E-state index contributed by atoms with van der Waals surface area (Å²) >= 11 is 0. The topological polar surface area (TPSA) is 88.2 Å². The summed E-state index contributed by atoms with van der Waals surface area (Å²) < 4.78 is 29.5. The molecule has 1 saturated heterocycles. The second kappa shape index (κ2) is 7.76. The first-order valence-corrected chi connectivity index (χ1v) is 11.9. The van der Waals surface area contributed by atoms with Crippen molar-refractivity contribution < 1.29 is 13.2 Å². The normalized spacial score (nSPS) is 17.8. The highest BCUT2D eigenvalue weighted by Crippen LogP contribution is 2.27. The number of H-pyrrole nitrogens is 1. The van der Waals surface area contributed by atoms with Gasteiger partial charge in [0.15, 0.2) is 9.84 Å². The summed E-state index contributed by atoms with van der Waals surface area (Å²) in [6, 6.07) is 9.84. The molecule has 0 radical (unpaired) electrons. The maximum absolute atomic E-state index is 12.0. The molecule has 29 heavy (non-hydrogen) atoms. The Hall–Kier alpha value is -2.45. The van der Waals surface area contributed by atoms with E-state index in [9.17, 15) is 8.42 Å². The zero-order valence-electron chi connectivity index (χ0n) is 17.0. The first kappa shape index (κ1) is 19.8. The van der Waals surface area contributed by atoms with Gasteiger partial charge in [-0.2, -0.15) is 0 Å². The van der Waals surface area contributed by atoms with Crippen LogP contribution < -0.4 is 4.90 Å². The highest BCUT2D eigenvalue weighted by molar-refractivity contribution is 7.89.